The Labute approximate surface area is 200 Å². The molecule has 0 spiro atoms. The molecular formula is C28H31N3O3. The number of nitrogens with zero attached hydrogens (tertiary/aromatic N) is 2. The molecule has 1 N–H and O–H groups in total. The topological polar surface area (TPSA) is 64.9 Å². The molecule has 34 heavy (non-hydrogen) atoms. The fourth-order valence-corrected chi connectivity index (χ4v) is 4.06. The van der Waals surface area contributed by atoms with E-state index < -0.39 is 0 Å². The van der Waals surface area contributed by atoms with E-state index >= 15 is 0 Å². The summed E-state index contributed by atoms with van der Waals surface area (Å²) in [5.74, 6) is 1.64. The minimum Gasteiger partial charge on any atom is -0.497 e. The van der Waals surface area contributed by atoms with Gasteiger partial charge in [0.15, 0.2) is 0 Å². The van der Waals surface area contributed by atoms with Crippen LogP contribution in [-0.2, 0) is 11.2 Å². The van der Waals surface area contributed by atoms with Gasteiger partial charge in [-0.25, -0.2) is 4.98 Å². The number of amides is 1. The summed E-state index contributed by atoms with van der Waals surface area (Å²) in [5.41, 5.74) is 5.76. The fourth-order valence-electron chi connectivity index (χ4n) is 4.06. The van der Waals surface area contributed by atoms with Gasteiger partial charge in [0.2, 0.25) is 5.91 Å². The van der Waals surface area contributed by atoms with E-state index in [1.807, 2.05) is 69.3 Å². The molecule has 2 aromatic carbocycles. The molecule has 0 fully saturated rings. The van der Waals surface area contributed by atoms with Crippen LogP contribution in [0.15, 0.2) is 66.9 Å². The lowest BCUT2D eigenvalue weighted by atomic mass is 10.1. The lowest BCUT2D eigenvalue weighted by Gasteiger charge is -2.11. The highest BCUT2D eigenvalue weighted by Crippen LogP contribution is 2.31. The van der Waals surface area contributed by atoms with E-state index in [9.17, 15) is 4.79 Å². The van der Waals surface area contributed by atoms with Crippen LogP contribution in [0.4, 0.5) is 0 Å². The highest BCUT2D eigenvalue weighted by atomic mass is 16.5. The number of pyridine rings is 1. The first-order valence-corrected chi connectivity index (χ1v) is 11.7. The molecule has 0 aliphatic rings. The van der Waals surface area contributed by atoms with Crippen molar-refractivity contribution in [3.8, 4) is 33.9 Å². The van der Waals surface area contributed by atoms with Gasteiger partial charge in [0, 0.05) is 24.2 Å². The van der Waals surface area contributed by atoms with Crippen molar-refractivity contribution in [1.29, 1.82) is 0 Å². The molecule has 1 amide bonds. The molecule has 176 valence electrons. The number of ether oxygens (including phenoxy) is 2. The highest BCUT2D eigenvalue weighted by Gasteiger charge is 2.17. The Kier molecular flexibility index (Phi) is 7.16. The number of nitrogens with one attached hydrogen (secondary N) is 1. The van der Waals surface area contributed by atoms with Crippen molar-refractivity contribution < 1.29 is 14.3 Å². The largest absolute Gasteiger partial charge is 0.497 e. The first-order valence-electron chi connectivity index (χ1n) is 11.7. The Morgan fingerprint density at radius 2 is 1.74 bits per heavy atom. The van der Waals surface area contributed by atoms with Crippen molar-refractivity contribution >= 4 is 11.6 Å². The van der Waals surface area contributed by atoms with E-state index in [4.69, 9.17) is 14.5 Å². The number of hydrogen-bond donors (Lipinski definition) is 1. The summed E-state index contributed by atoms with van der Waals surface area (Å²) in [7, 11) is 1.66. The summed E-state index contributed by atoms with van der Waals surface area (Å²) in [5, 5.41) is 2.98. The summed E-state index contributed by atoms with van der Waals surface area (Å²) in [6.07, 6.45) is 3.04. The van der Waals surface area contributed by atoms with Crippen molar-refractivity contribution in [2.75, 3.05) is 13.7 Å². The van der Waals surface area contributed by atoms with Crippen LogP contribution in [0, 0.1) is 0 Å². The summed E-state index contributed by atoms with van der Waals surface area (Å²) >= 11 is 0. The molecule has 6 nitrogen and oxygen atoms in total. The van der Waals surface area contributed by atoms with Gasteiger partial charge in [-0.05, 0) is 74.7 Å². The van der Waals surface area contributed by atoms with Gasteiger partial charge in [0.05, 0.1) is 25.1 Å². The molecule has 0 saturated heterocycles. The Morgan fingerprint density at radius 3 is 2.47 bits per heavy atom. The van der Waals surface area contributed by atoms with Gasteiger partial charge in [0.1, 0.15) is 17.1 Å². The van der Waals surface area contributed by atoms with Crippen LogP contribution in [0.1, 0.15) is 32.9 Å². The maximum atomic E-state index is 12.4. The number of aryl methyl sites for hydroxylation is 1. The molecule has 0 aliphatic carbocycles. The zero-order valence-corrected chi connectivity index (χ0v) is 20.2. The molecule has 4 aromatic rings. The van der Waals surface area contributed by atoms with Crippen LogP contribution in [0.3, 0.4) is 0 Å². The molecule has 0 unspecified atom stereocenters. The summed E-state index contributed by atoms with van der Waals surface area (Å²) in [4.78, 5) is 17.4. The second-order valence-electron chi connectivity index (χ2n) is 8.47. The van der Waals surface area contributed by atoms with Crippen LogP contribution < -0.4 is 14.8 Å². The van der Waals surface area contributed by atoms with E-state index in [1.165, 1.54) is 0 Å². The monoisotopic (exact) mass is 457 g/mol. The van der Waals surface area contributed by atoms with Crippen LogP contribution in [0.2, 0.25) is 0 Å². The van der Waals surface area contributed by atoms with Crippen LogP contribution in [0.25, 0.3) is 28.0 Å². The molecule has 4 rings (SSSR count). The number of imidazole rings is 1. The van der Waals surface area contributed by atoms with E-state index in [2.05, 4.69) is 28.0 Å². The molecule has 0 atom stereocenters. The van der Waals surface area contributed by atoms with E-state index in [0.717, 1.165) is 45.2 Å². The van der Waals surface area contributed by atoms with Crippen molar-refractivity contribution in [3.63, 3.8) is 0 Å². The Hall–Kier alpha value is -3.80. The Balaban J connectivity index is 1.79. The molecule has 2 aromatic heterocycles. The van der Waals surface area contributed by atoms with Gasteiger partial charge in [-0.3, -0.25) is 4.79 Å². The molecule has 0 radical (unpaired) electrons. The predicted octanol–water partition coefficient (Wildman–Crippen LogP) is 5.53. The number of benzene rings is 2. The number of fused-ring (bicyclic) bond motifs is 1. The number of carbonyl (C=O) groups is 1. The average Bonchev–Trinajstić information content (AvgIpc) is 3.20. The first-order chi connectivity index (χ1) is 16.5. The van der Waals surface area contributed by atoms with Gasteiger partial charge in [0.25, 0.3) is 0 Å². The van der Waals surface area contributed by atoms with Crippen molar-refractivity contribution in [3.05, 3.63) is 72.6 Å². The number of methoxy groups -OCH3 is 1. The van der Waals surface area contributed by atoms with Gasteiger partial charge < -0.3 is 19.2 Å². The average molecular weight is 458 g/mol. The third-order valence-electron chi connectivity index (χ3n) is 5.58. The number of aromatic nitrogens is 2. The maximum Gasteiger partial charge on any atom is 0.220 e. The molecule has 2 heterocycles. The lowest BCUT2D eigenvalue weighted by molar-refractivity contribution is -0.121. The number of carbonyl (C=O) groups excluding carboxylic acids is 1. The Morgan fingerprint density at radius 1 is 1.00 bits per heavy atom. The molecule has 0 saturated carbocycles. The number of hydrogen-bond acceptors (Lipinski definition) is 4. The number of rotatable bonds is 9. The quantitative estimate of drug-likeness (QED) is 0.359. The zero-order chi connectivity index (χ0) is 24.1. The van der Waals surface area contributed by atoms with E-state index in [0.29, 0.717) is 19.4 Å². The second kappa shape index (κ2) is 10.4. The summed E-state index contributed by atoms with van der Waals surface area (Å²) in [6.45, 7) is 6.54. The molecule has 0 bridgehead atoms. The van der Waals surface area contributed by atoms with Crippen LogP contribution >= 0.6 is 0 Å². The lowest BCUT2D eigenvalue weighted by Crippen LogP contribution is -2.30. The second-order valence-corrected chi connectivity index (χ2v) is 8.47. The summed E-state index contributed by atoms with van der Waals surface area (Å²) < 4.78 is 13.2. The van der Waals surface area contributed by atoms with Crippen LogP contribution in [0.5, 0.6) is 11.5 Å². The van der Waals surface area contributed by atoms with Crippen molar-refractivity contribution in [1.82, 2.24) is 14.7 Å². The molecular weight excluding hydrogens is 426 g/mol. The first kappa shape index (κ1) is 23.4. The van der Waals surface area contributed by atoms with Gasteiger partial charge in [-0.15, -0.1) is 0 Å². The SMILES string of the molecule is CCOc1cccc(-c2ccc3nc(-c4cccc(OC)c4)c(CCC(=O)NC(C)C)n3c2)c1. The fraction of sp³-hybridized carbons (Fsp3) is 0.286. The smallest absolute Gasteiger partial charge is 0.220 e. The third-order valence-corrected chi connectivity index (χ3v) is 5.58. The van der Waals surface area contributed by atoms with E-state index in [-0.39, 0.29) is 11.9 Å². The van der Waals surface area contributed by atoms with Crippen molar-refractivity contribution in [2.45, 2.75) is 39.7 Å². The molecule has 6 heteroatoms. The minimum absolute atomic E-state index is 0.0297. The van der Waals surface area contributed by atoms with Crippen LogP contribution in [-0.4, -0.2) is 35.1 Å². The van der Waals surface area contributed by atoms with Gasteiger partial charge >= 0.3 is 0 Å². The van der Waals surface area contributed by atoms with Gasteiger partial charge in [-0.2, -0.15) is 0 Å². The molecule has 0 aliphatic heterocycles. The zero-order valence-electron chi connectivity index (χ0n) is 20.2. The minimum atomic E-state index is 0.0297. The third kappa shape index (κ3) is 5.22. The van der Waals surface area contributed by atoms with E-state index in [1.54, 1.807) is 7.11 Å². The maximum absolute atomic E-state index is 12.4. The summed E-state index contributed by atoms with van der Waals surface area (Å²) in [6, 6.07) is 20.1. The highest BCUT2D eigenvalue weighted by molar-refractivity contribution is 5.77. The van der Waals surface area contributed by atoms with Gasteiger partial charge in [-0.1, -0.05) is 24.3 Å². The normalized spacial score (nSPS) is 11.1. The van der Waals surface area contributed by atoms with Crippen molar-refractivity contribution in [2.24, 2.45) is 0 Å². The predicted molar refractivity (Wildman–Crippen MR) is 135 cm³/mol. The Bertz CT molecular complexity index is 1290. The standard InChI is InChI=1S/C28H31N3O3/c1-5-34-24-11-6-8-20(16-24)22-12-14-26-30-28(21-9-7-10-23(17-21)33-4)25(31(26)18-22)13-15-27(32)29-19(2)3/h6-12,14,16-19H,5,13,15H2,1-4H3,(H,29,32).